The molecular weight excluding hydrogens is 784 g/mol. The molecular formula is C45H51ClN8O6. The molecule has 0 spiro atoms. The number of piperazine rings is 1. The van der Waals surface area contributed by atoms with Crippen LogP contribution >= 0.6 is 11.6 Å². The Hall–Kier alpha value is -5.04. The minimum atomic E-state index is -0.970. The fraction of sp³-hybridized carbons (Fsp3) is 0.489. The first-order chi connectivity index (χ1) is 28.6. The van der Waals surface area contributed by atoms with E-state index in [0.717, 1.165) is 74.2 Å². The fourth-order valence-corrected chi connectivity index (χ4v) is 10.9. The third-order valence-corrected chi connectivity index (χ3v) is 14.3. The van der Waals surface area contributed by atoms with Crippen molar-refractivity contribution in [3.05, 3.63) is 87.9 Å². The van der Waals surface area contributed by atoms with Gasteiger partial charge in [0.15, 0.2) is 0 Å². The molecule has 0 bridgehead atoms. The highest BCUT2D eigenvalue weighted by Crippen LogP contribution is 2.56. The first kappa shape index (κ1) is 40.4. The van der Waals surface area contributed by atoms with Gasteiger partial charge < -0.3 is 19.6 Å². The first-order valence-electron chi connectivity index (χ1n) is 20.9. The molecule has 14 nitrogen and oxygen atoms in total. The fourth-order valence-electron chi connectivity index (χ4n) is 10.7. The number of fused-ring (bicyclic) bond motifs is 1. The third kappa shape index (κ3) is 6.90. The highest BCUT2D eigenvalue weighted by molar-refractivity contribution is 6.31. The van der Waals surface area contributed by atoms with Crippen LogP contribution in [0.15, 0.2) is 60.7 Å². The summed E-state index contributed by atoms with van der Waals surface area (Å²) in [5, 5.41) is 26.6. The summed E-state index contributed by atoms with van der Waals surface area (Å²) in [7, 11) is 0. The van der Waals surface area contributed by atoms with Crippen LogP contribution in [0.25, 0.3) is 0 Å². The number of carbonyl (C=O) groups is 4. The van der Waals surface area contributed by atoms with E-state index in [1.807, 2.05) is 18.2 Å². The molecule has 2 atom stereocenters. The zero-order valence-corrected chi connectivity index (χ0v) is 35.1. The molecule has 9 rings (SSSR count). The van der Waals surface area contributed by atoms with E-state index in [9.17, 15) is 29.5 Å². The maximum absolute atomic E-state index is 13.3. The Morgan fingerprint density at radius 3 is 2.12 bits per heavy atom. The van der Waals surface area contributed by atoms with Gasteiger partial charge in [0, 0.05) is 105 Å². The number of carbonyl (C=O) groups excluding carboxylic acids is 4. The summed E-state index contributed by atoms with van der Waals surface area (Å²) in [6.45, 7) is 16.0. The van der Waals surface area contributed by atoms with E-state index in [0.29, 0.717) is 39.5 Å². The second-order valence-corrected chi connectivity index (χ2v) is 18.8. The minimum absolute atomic E-state index is 0.0229. The number of nitriles is 1. The summed E-state index contributed by atoms with van der Waals surface area (Å²) in [5.74, 6) is -1.34. The Bertz CT molecular complexity index is 2260. The zero-order chi connectivity index (χ0) is 42.2. The molecule has 0 radical (unpaired) electrons. The lowest BCUT2D eigenvalue weighted by Crippen LogP contribution is -2.74. The van der Waals surface area contributed by atoms with Crippen molar-refractivity contribution >= 4 is 46.6 Å². The third-order valence-electron chi connectivity index (χ3n) is 13.9. The maximum Gasteiger partial charge on any atom is 0.262 e. The normalized spacial score (nSPS) is 26.1. The molecule has 0 aromatic heterocycles. The Labute approximate surface area is 355 Å². The van der Waals surface area contributed by atoms with E-state index in [2.05, 4.69) is 76.1 Å². The van der Waals surface area contributed by atoms with Gasteiger partial charge in [-0.05, 0) is 54.4 Å². The summed E-state index contributed by atoms with van der Waals surface area (Å²) < 4.78 is 6.41. The van der Waals surface area contributed by atoms with Gasteiger partial charge in [0.25, 0.3) is 11.8 Å². The van der Waals surface area contributed by atoms with Crippen LogP contribution in [0.1, 0.15) is 78.6 Å². The van der Waals surface area contributed by atoms with Crippen molar-refractivity contribution < 1.29 is 29.0 Å². The van der Waals surface area contributed by atoms with Gasteiger partial charge in [0.1, 0.15) is 30.2 Å². The van der Waals surface area contributed by atoms with Crippen LogP contribution in [0.5, 0.6) is 5.75 Å². The number of ether oxygens (including phenoxy) is 1. The number of benzene rings is 3. The molecule has 6 aliphatic rings. The Morgan fingerprint density at radius 1 is 0.817 bits per heavy atom. The lowest BCUT2D eigenvalue weighted by atomic mass is 9.49. The average Bonchev–Trinajstić information content (AvgIpc) is 3.44. The molecule has 314 valence electrons. The number of hydrogen-bond acceptors (Lipinski definition) is 12. The van der Waals surface area contributed by atoms with Gasteiger partial charge in [-0.3, -0.25) is 44.5 Å². The number of rotatable bonds is 10. The molecule has 3 aromatic rings. The summed E-state index contributed by atoms with van der Waals surface area (Å²) in [6, 6.07) is 20.8. The highest BCUT2D eigenvalue weighted by Gasteiger charge is 2.64. The van der Waals surface area contributed by atoms with Crippen molar-refractivity contribution in [1.29, 1.82) is 5.26 Å². The van der Waals surface area contributed by atoms with Gasteiger partial charge in [-0.15, -0.1) is 0 Å². The van der Waals surface area contributed by atoms with E-state index in [1.165, 1.54) is 0 Å². The summed E-state index contributed by atoms with van der Waals surface area (Å²) in [5.41, 5.74) is 3.30. The number of imide groups is 2. The van der Waals surface area contributed by atoms with Crippen molar-refractivity contribution in [3.8, 4) is 11.8 Å². The number of piperidine rings is 1. The lowest BCUT2D eigenvalue weighted by Gasteiger charge is -2.63. The Morgan fingerprint density at radius 2 is 1.47 bits per heavy atom. The molecule has 5 aliphatic heterocycles. The second kappa shape index (κ2) is 15.1. The Kier molecular flexibility index (Phi) is 10.2. The van der Waals surface area contributed by atoms with Gasteiger partial charge in [-0.25, -0.2) is 0 Å². The number of aliphatic hydroxyl groups excluding tert-OH is 1. The van der Waals surface area contributed by atoms with Gasteiger partial charge in [0.2, 0.25) is 11.8 Å². The quantitative estimate of drug-likeness (QED) is 0.201. The molecule has 1 saturated carbocycles. The van der Waals surface area contributed by atoms with Crippen molar-refractivity contribution in [3.63, 3.8) is 0 Å². The molecule has 3 N–H and O–H groups in total. The SMILES string of the molecule is CC1(C)[C@H](NC(O)c2ccc(N3CC(N4CC(N5CCN(c6ccc7c(c6)C(=O)N(C6CCC(=O)NC6=O)C7=O)CC5)C4)C3)cc2)C(C)(C)[C@H]1Oc1ccc(C#N)c(Cl)c1. The summed E-state index contributed by atoms with van der Waals surface area (Å²) in [4.78, 5) is 61.3. The van der Waals surface area contributed by atoms with Gasteiger partial charge in [0.05, 0.1) is 21.7 Å². The Balaban J connectivity index is 0.715. The molecule has 5 heterocycles. The van der Waals surface area contributed by atoms with Gasteiger partial charge >= 0.3 is 0 Å². The molecule has 2 unspecified atom stereocenters. The summed E-state index contributed by atoms with van der Waals surface area (Å²) in [6.07, 6.45) is -0.740. The van der Waals surface area contributed by atoms with Crippen molar-refractivity contribution in [2.24, 2.45) is 10.8 Å². The van der Waals surface area contributed by atoms with Crippen LogP contribution in [0, 0.1) is 22.2 Å². The smallest absolute Gasteiger partial charge is 0.262 e. The predicted octanol–water partition coefficient (Wildman–Crippen LogP) is 3.77. The van der Waals surface area contributed by atoms with Gasteiger partial charge in [-0.1, -0.05) is 51.4 Å². The highest BCUT2D eigenvalue weighted by atomic mass is 35.5. The molecule has 4 saturated heterocycles. The molecule has 1 aliphatic carbocycles. The monoisotopic (exact) mass is 834 g/mol. The number of nitrogens with zero attached hydrogens (tertiary/aromatic N) is 6. The van der Waals surface area contributed by atoms with Crippen LogP contribution in [0.4, 0.5) is 11.4 Å². The topological polar surface area (TPSA) is 162 Å². The van der Waals surface area contributed by atoms with Crippen LogP contribution in [-0.4, -0.2) is 126 Å². The van der Waals surface area contributed by atoms with Crippen molar-refractivity contribution in [1.82, 2.24) is 25.3 Å². The zero-order valence-electron chi connectivity index (χ0n) is 34.4. The van der Waals surface area contributed by atoms with Crippen LogP contribution in [0.3, 0.4) is 0 Å². The number of amides is 4. The summed E-state index contributed by atoms with van der Waals surface area (Å²) >= 11 is 6.26. The standard InChI is InChI=1S/C45H51ClN8O6/c1-44(2)42(45(3,4)43(44)60-32-11-7-27(21-47)35(46)20-32)49-38(56)26-5-8-28(9-6-26)52-24-31(25-52)53-22-30(23-53)51-17-15-50(16-18-51)29-10-12-33-34(19-29)41(59)54(40(33)58)36-13-14-37(55)48-39(36)57/h5-12,19-20,30-31,36,38,42-43,49,56H,13-18,22-25H2,1-4H3,(H,48,55,57)/t36?,38?,42-,43-. The van der Waals surface area contributed by atoms with E-state index in [-0.39, 0.29) is 41.7 Å². The number of anilines is 2. The van der Waals surface area contributed by atoms with Gasteiger partial charge in [-0.2, -0.15) is 5.26 Å². The van der Waals surface area contributed by atoms with Crippen LogP contribution in [0.2, 0.25) is 5.02 Å². The molecule has 4 amide bonds. The number of aliphatic hydroxyl groups is 1. The number of nitrogens with one attached hydrogen (secondary N) is 2. The second-order valence-electron chi connectivity index (χ2n) is 18.4. The van der Waals surface area contributed by atoms with Crippen LogP contribution < -0.4 is 25.2 Å². The predicted molar refractivity (Wildman–Crippen MR) is 225 cm³/mol. The average molecular weight is 835 g/mol. The molecule has 60 heavy (non-hydrogen) atoms. The van der Waals surface area contributed by atoms with Crippen molar-refractivity contribution in [2.75, 3.05) is 62.2 Å². The van der Waals surface area contributed by atoms with E-state index in [4.69, 9.17) is 16.3 Å². The minimum Gasteiger partial charge on any atom is -0.489 e. The molecule has 5 fully saturated rings. The lowest BCUT2D eigenvalue weighted by molar-refractivity contribution is -0.179. The van der Waals surface area contributed by atoms with Crippen molar-refractivity contribution in [2.45, 2.75) is 77.0 Å². The molecule has 3 aromatic carbocycles. The first-order valence-corrected chi connectivity index (χ1v) is 21.3. The molecule has 15 heteroatoms. The maximum atomic E-state index is 13.3. The number of hydrogen-bond donors (Lipinski definition) is 3. The number of likely N-dealkylation sites (tertiary alicyclic amines) is 1. The van der Waals surface area contributed by atoms with Crippen LogP contribution in [-0.2, 0) is 9.59 Å². The van der Waals surface area contributed by atoms with E-state index in [1.54, 1.807) is 30.3 Å². The number of halogens is 1. The largest absolute Gasteiger partial charge is 0.489 e. The van der Waals surface area contributed by atoms with E-state index < -0.39 is 30.0 Å². The van der Waals surface area contributed by atoms with E-state index >= 15 is 0 Å².